The highest BCUT2D eigenvalue weighted by Gasteiger charge is 2.45. The number of carbonyl (C=O) groups is 1. The quantitative estimate of drug-likeness (QED) is 0.616. The highest BCUT2D eigenvalue weighted by molar-refractivity contribution is 5.90. The maximum Gasteiger partial charge on any atom is 0.225 e. The van der Waals surface area contributed by atoms with Crippen molar-refractivity contribution in [3.8, 4) is 6.07 Å². The van der Waals surface area contributed by atoms with Crippen molar-refractivity contribution in [2.45, 2.75) is 63.6 Å². The summed E-state index contributed by atoms with van der Waals surface area (Å²) in [7, 11) is 0. The van der Waals surface area contributed by atoms with Gasteiger partial charge in [-0.05, 0) is 57.2 Å². The molecule has 2 aliphatic rings. The Morgan fingerprint density at radius 1 is 1.14 bits per heavy atom. The second-order valence-corrected chi connectivity index (χ2v) is 10.4. The molecule has 7 nitrogen and oxygen atoms in total. The lowest BCUT2D eigenvalue weighted by Gasteiger charge is -2.53. The van der Waals surface area contributed by atoms with E-state index in [9.17, 15) is 10.1 Å². The average Bonchev–Trinajstić information content (AvgIpc) is 2.85. The van der Waals surface area contributed by atoms with E-state index in [1.54, 1.807) is 18.3 Å². The third kappa shape index (κ3) is 6.66. The van der Waals surface area contributed by atoms with Gasteiger partial charge in [0.05, 0.1) is 11.2 Å². The maximum atomic E-state index is 12.6. The summed E-state index contributed by atoms with van der Waals surface area (Å²) in [5.74, 6) is 0.255. The van der Waals surface area contributed by atoms with Crippen molar-refractivity contribution in [1.29, 1.82) is 5.26 Å². The molecule has 186 valence electrons. The van der Waals surface area contributed by atoms with Crippen molar-refractivity contribution >= 4 is 11.7 Å². The number of nitrogens with one attached hydrogen (secondary N) is 1. The van der Waals surface area contributed by atoms with Gasteiger partial charge in [-0.2, -0.15) is 5.26 Å². The summed E-state index contributed by atoms with van der Waals surface area (Å²) in [4.78, 5) is 22.0. The van der Waals surface area contributed by atoms with E-state index in [-0.39, 0.29) is 17.0 Å². The summed E-state index contributed by atoms with van der Waals surface area (Å²) < 4.78 is 6.09. The number of piperazine rings is 1. The molecule has 0 radical (unpaired) electrons. The largest absolute Gasteiger partial charge is 0.375 e. The van der Waals surface area contributed by atoms with Crippen LogP contribution in [0.1, 0.15) is 57.1 Å². The molecular weight excluding hydrogens is 438 g/mol. The first kappa shape index (κ1) is 25.3. The zero-order chi connectivity index (χ0) is 24.7. The predicted octanol–water partition coefficient (Wildman–Crippen LogP) is 4.21. The molecule has 0 spiro atoms. The molecule has 2 fully saturated rings. The zero-order valence-corrected chi connectivity index (χ0v) is 21.0. The Balaban J connectivity index is 1.35. The normalized spacial score (nSPS) is 22.9. The number of carbonyl (C=O) groups excluding carboxylic acids is 1. The van der Waals surface area contributed by atoms with Crippen molar-refractivity contribution in [1.82, 2.24) is 14.8 Å². The monoisotopic (exact) mass is 475 g/mol. The third-order valence-electron chi connectivity index (χ3n) is 7.34. The van der Waals surface area contributed by atoms with Crippen LogP contribution in [0.15, 0.2) is 48.7 Å². The van der Waals surface area contributed by atoms with E-state index in [0.717, 1.165) is 65.0 Å². The van der Waals surface area contributed by atoms with Gasteiger partial charge in [-0.3, -0.25) is 14.6 Å². The molecule has 2 aliphatic heterocycles. The minimum Gasteiger partial charge on any atom is -0.375 e. The maximum absolute atomic E-state index is 12.6. The molecule has 7 heteroatoms. The molecule has 1 aromatic carbocycles. The van der Waals surface area contributed by atoms with Gasteiger partial charge >= 0.3 is 0 Å². The van der Waals surface area contributed by atoms with Gasteiger partial charge in [0.25, 0.3) is 0 Å². The second-order valence-electron chi connectivity index (χ2n) is 10.4. The van der Waals surface area contributed by atoms with Crippen LogP contribution in [0.2, 0.25) is 0 Å². The Morgan fingerprint density at radius 3 is 2.63 bits per heavy atom. The number of ether oxygens (including phenoxy) is 1. The predicted molar refractivity (Wildman–Crippen MR) is 137 cm³/mol. The van der Waals surface area contributed by atoms with Crippen LogP contribution in [0.4, 0.5) is 5.82 Å². The number of anilines is 1. The Morgan fingerprint density at radius 2 is 1.91 bits per heavy atom. The average molecular weight is 476 g/mol. The van der Waals surface area contributed by atoms with Gasteiger partial charge < -0.3 is 10.1 Å². The third-order valence-corrected chi connectivity index (χ3v) is 7.34. The number of aromatic nitrogens is 1. The van der Waals surface area contributed by atoms with E-state index in [1.165, 1.54) is 5.56 Å². The number of hydrogen-bond acceptors (Lipinski definition) is 6. The van der Waals surface area contributed by atoms with E-state index in [4.69, 9.17) is 4.74 Å². The fraction of sp³-hybridized carbons (Fsp3) is 0.536. The molecule has 1 atom stereocenters. The molecular formula is C28H37N5O2. The summed E-state index contributed by atoms with van der Waals surface area (Å²) in [5, 5.41) is 12.1. The molecule has 3 heterocycles. The van der Waals surface area contributed by atoms with Gasteiger partial charge in [-0.25, -0.2) is 4.98 Å². The minimum absolute atomic E-state index is 0.0453. The number of amides is 1. The molecule has 0 aliphatic carbocycles. The fourth-order valence-electron chi connectivity index (χ4n) is 5.68. The highest BCUT2D eigenvalue weighted by Crippen LogP contribution is 2.40. The number of nitrogens with zero attached hydrogens (tertiary/aromatic N) is 4. The van der Waals surface area contributed by atoms with Crippen LogP contribution in [-0.4, -0.2) is 64.6 Å². The van der Waals surface area contributed by atoms with Crippen LogP contribution in [0.5, 0.6) is 0 Å². The van der Waals surface area contributed by atoms with Gasteiger partial charge in [-0.1, -0.05) is 30.3 Å². The molecule has 1 amide bonds. The molecule has 0 saturated carbocycles. The van der Waals surface area contributed by atoms with Gasteiger partial charge in [0.2, 0.25) is 5.91 Å². The van der Waals surface area contributed by atoms with E-state index in [2.05, 4.69) is 70.3 Å². The lowest BCUT2D eigenvalue weighted by molar-refractivity contribution is -0.131. The van der Waals surface area contributed by atoms with Crippen molar-refractivity contribution in [2.75, 3.05) is 38.1 Å². The molecule has 0 bridgehead atoms. The van der Waals surface area contributed by atoms with Gasteiger partial charge in [0, 0.05) is 57.5 Å². The van der Waals surface area contributed by atoms with Crippen LogP contribution in [0.25, 0.3) is 0 Å². The summed E-state index contributed by atoms with van der Waals surface area (Å²) >= 11 is 0. The second kappa shape index (κ2) is 11.3. The van der Waals surface area contributed by atoms with Crippen LogP contribution >= 0.6 is 0 Å². The van der Waals surface area contributed by atoms with E-state index < -0.39 is 0 Å². The van der Waals surface area contributed by atoms with Crippen molar-refractivity contribution in [3.63, 3.8) is 0 Å². The SMILES string of the molecule is CC1(C)CC(CCCC(=O)Nc2ncccc2C#N)(N2CCN(Cc3ccccc3)CC2)CCO1. The summed E-state index contributed by atoms with van der Waals surface area (Å²) in [5.41, 5.74) is 1.62. The molecule has 1 aromatic heterocycles. The van der Waals surface area contributed by atoms with Gasteiger partial charge in [0.15, 0.2) is 0 Å². The van der Waals surface area contributed by atoms with Crippen LogP contribution in [0, 0.1) is 11.3 Å². The molecule has 1 N–H and O–H groups in total. The van der Waals surface area contributed by atoms with Crippen LogP contribution < -0.4 is 5.32 Å². The number of benzene rings is 1. The molecule has 4 rings (SSSR count). The Hall–Kier alpha value is -2.79. The van der Waals surface area contributed by atoms with Crippen LogP contribution in [0.3, 0.4) is 0 Å². The number of pyridine rings is 1. The summed E-state index contributed by atoms with van der Waals surface area (Å²) in [6, 6.07) is 16.1. The zero-order valence-electron chi connectivity index (χ0n) is 21.0. The van der Waals surface area contributed by atoms with Crippen molar-refractivity contribution in [2.24, 2.45) is 0 Å². The van der Waals surface area contributed by atoms with Crippen LogP contribution in [-0.2, 0) is 16.1 Å². The van der Waals surface area contributed by atoms with Gasteiger partial charge in [-0.15, -0.1) is 0 Å². The van der Waals surface area contributed by atoms with Crippen molar-refractivity contribution in [3.05, 3.63) is 59.8 Å². The Kier molecular flexibility index (Phi) is 8.17. The topological polar surface area (TPSA) is 81.5 Å². The minimum atomic E-state index is -0.169. The van der Waals surface area contributed by atoms with E-state index in [1.807, 2.05) is 0 Å². The van der Waals surface area contributed by atoms with Crippen molar-refractivity contribution < 1.29 is 9.53 Å². The van der Waals surface area contributed by atoms with Gasteiger partial charge in [0.1, 0.15) is 11.9 Å². The summed E-state index contributed by atoms with van der Waals surface area (Å²) in [6.45, 7) is 10.3. The first-order chi connectivity index (χ1) is 16.9. The Labute approximate surface area is 209 Å². The number of rotatable bonds is 8. The molecule has 2 aromatic rings. The first-order valence-corrected chi connectivity index (χ1v) is 12.7. The number of hydrogen-bond donors (Lipinski definition) is 1. The van der Waals surface area contributed by atoms with E-state index >= 15 is 0 Å². The van der Waals surface area contributed by atoms with E-state index in [0.29, 0.717) is 17.8 Å². The number of nitriles is 1. The lowest BCUT2D eigenvalue weighted by atomic mass is 9.76. The molecule has 35 heavy (non-hydrogen) atoms. The first-order valence-electron chi connectivity index (χ1n) is 12.7. The molecule has 1 unspecified atom stereocenters. The smallest absolute Gasteiger partial charge is 0.225 e. The molecule has 2 saturated heterocycles. The lowest BCUT2D eigenvalue weighted by Crippen LogP contribution is -2.61. The summed E-state index contributed by atoms with van der Waals surface area (Å²) in [6.07, 6.45) is 5.72. The highest BCUT2D eigenvalue weighted by atomic mass is 16.5. The standard InChI is InChI=1S/C28H37N5O2/c1-27(2)22-28(13-19-35-27,12-6-11-25(34)31-26-24(20-29)10-7-14-30-26)33-17-15-32(16-18-33)21-23-8-4-3-5-9-23/h3-5,7-10,14H,6,11-13,15-19,21-22H2,1-2H3,(H,30,31,34). The fourth-order valence-corrected chi connectivity index (χ4v) is 5.68. The Bertz CT molecular complexity index is 1030.